The third-order valence-electron chi connectivity index (χ3n) is 6.02. The molecule has 0 fully saturated rings. The van der Waals surface area contributed by atoms with Gasteiger partial charge in [-0.05, 0) is 66.9 Å². The fraction of sp³-hybridized carbons (Fsp3) is 0.400. The van der Waals surface area contributed by atoms with E-state index in [2.05, 4.69) is 66.0 Å². The van der Waals surface area contributed by atoms with Gasteiger partial charge in [0.15, 0.2) is 5.65 Å². The topological polar surface area (TPSA) is 76.8 Å². The molecule has 0 spiro atoms. The van der Waals surface area contributed by atoms with E-state index in [1.54, 1.807) is 22.2 Å². The SMILES string of the molecule is CC(C)n1c(=O)c2cnc(Nc3ccc4c(c3)CCNC4)nc2n1-c1ccsc1C(C)(C)C. The van der Waals surface area contributed by atoms with Crippen LogP contribution in [0, 0.1) is 0 Å². The van der Waals surface area contributed by atoms with Crippen LogP contribution in [0.4, 0.5) is 11.6 Å². The van der Waals surface area contributed by atoms with Crippen molar-refractivity contribution in [1.29, 1.82) is 0 Å². The van der Waals surface area contributed by atoms with Crippen LogP contribution in [0.3, 0.4) is 0 Å². The average Bonchev–Trinajstić information content (AvgIpc) is 3.36. The molecule has 0 unspecified atom stereocenters. The van der Waals surface area contributed by atoms with Crippen molar-refractivity contribution >= 4 is 34.0 Å². The summed E-state index contributed by atoms with van der Waals surface area (Å²) in [4.78, 5) is 23.8. The molecule has 0 saturated heterocycles. The lowest BCUT2D eigenvalue weighted by atomic mass is 9.93. The highest BCUT2D eigenvalue weighted by atomic mass is 32.1. The zero-order chi connectivity index (χ0) is 23.3. The summed E-state index contributed by atoms with van der Waals surface area (Å²) in [7, 11) is 0. The molecule has 0 atom stereocenters. The fourth-order valence-electron chi connectivity index (χ4n) is 4.47. The highest BCUT2D eigenvalue weighted by Gasteiger charge is 2.26. The maximum Gasteiger partial charge on any atom is 0.278 e. The van der Waals surface area contributed by atoms with E-state index in [-0.39, 0.29) is 17.0 Å². The zero-order valence-corrected chi connectivity index (χ0v) is 20.6. The summed E-state index contributed by atoms with van der Waals surface area (Å²) in [6, 6.07) is 8.43. The van der Waals surface area contributed by atoms with Crippen LogP contribution in [0.2, 0.25) is 0 Å². The summed E-state index contributed by atoms with van der Waals surface area (Å²) in [5.74, 6) is 0.485. The molecule has 4 heterocycles. The maximum absolute atomic E-state index is 13.3. The van der Waals surface area contributed by atoms with Gasteiger partial charge in [0.05, 0.1) is 5.69 Å². The Balaban J connectivity index is 1.64. The van der Waals surface area contributed by atoms with Crippen LogP contribution in [-0.4, -0.2) is 25.9 Å². The summed E-state index contributed by atoms with van der Waals surface area (Å²) in [5.41, 5.74) is 5.13. The number of hydrogen-bond donors (Lipinski definition) is 2. The molecule has 3 aromatic heterocycles. The van der Waals surface area contributed by atoms with Gasteiger partial charge < -0.3 is 10.6 Å². The monoisotopic (exact) mass is 462 g/mol. The van der Waals surface area contributed by atoms with Crippen molar-refractivity contribution in [2.75, 3.05) is 11.9 Å². The molecule has 0 bridgehead atoms. The quantitative estimate of drug-likeness (QED) is 0.451. The van der Waals surface area contributed by atoms with Crippen LogP contribution in [0.1, 0.15) is 56.7 Å². The van der Waals surface area contributed by atoms with Gasteiger partial charge in [-0.15, -0.1) is 11.3 Å². The number of fused-ring (bicyclic) bond motifs is 2. The molecule has 7 nitrogen and oxygen atoms in total. The second-order valence-corrected chi connectivity index (χ2v) is 10.8. The average molecular weight is 463 g/mol. The van der Waals surface area contributed by atoms with Gasteiger partial charge >= 0.3 is 0 Å². The normalized spacial score (nSPS) is 14.1. The van der Waals surface area contributed by atoms with E-state index >= 15 is 0 Å². The summed E-state index contributed by atoms with van der Waals surface area (Å²) >= 11 is 1.71. The van der Waals surface area contributed by atoms with E-state index in [9.17, 15) is 4.79 Å². The lowest BCUT2D eigenvalue weighted by molar-refractivity contribution is 0.471. The van der Waals surface area contributed by atoms with Crippen LogP contribution < -0.4 is 16.2 Å². The molecule has 4 aromatic rings. The molecule has 0 amide bonds. The molecule has 0 radical (unpaired) electrons. The highest BCUT2D eigenvalue weighted by Crippen LogP contribution is 2.35. The predicted molar refractivity (Wildman–Crippen MR) is 135 cm³/mol. The third kappa shape index (κ3) is 3.87. The standard InChI is InChI=1S/C25H30N6OS/c1-15(2)30-23(32)19-14-27-24(28-18-7-6-17-13-26-10-8-16(17)12-18)29-22(19)31(30)20-9-11-33-21(20)25(3,4)5/h6-7,9,11-12,14-15,26H,8,10,13H2,1-5H3,(H,27,28,29). The van der Waals surface area contributed by atoms with Crippen molar-refractivity contribution in [1.82, 2.24) is 24.6 Å². The van der Waals surface area contributed by atoms with Gasteiger partial charge in [-0.3, -0.25) is 4.79 Å². The number of rotatable bonds is 4. The van der Waals surface area contributed by atoms with Crippen LogP contribution in [0.15, 0.2) is 40.6 Å². The Kier molecular flexibility index (Phi) is 5.37. The molecule has 0 aliphatic carbocycles. The summed E-state index contributed by atoms with van der Waals surface area (Å²) in [6.07, 6.45) is 2.66. The first-order chi connectivity index (χ1) is 15.7. The first-order valence-corrected chi connectivity index (χ1v) is 12.3. The predicted octanol–water partition coefficient (Wildman–Crippen LogP) is 4.91. The van der Waals surface area contributed by atoms with E-state index in [0.717, 1.165) is 30.9 Å². The Labute approximate surface area is 197 Å². The summed E-state index contributed by atoms with van der Waals surface area (Å²) in [6.45, 7) is 12.5. The second-order valence-electron chi connectivity index (χ2n) is 9.91. The van der Waals surface area contributed by atoms with Crippen molar-refractivity contribution in [3.8, 4) is 5.69 Å². The molecule has 33 heavy (non-hydrogen) atoms. The molecule has 1 aliphatic heterocycles. The number of nitrogens with one attached hydrogen (secondary N) is 2. The number of thiophene rings is 1. The molecule has 0 saturated carbocycles. The Bertz CT molecular complexity index is 1390. The van der Waals surface area contributed by atoms with Crippen molar-refractivity contribution in [3.05, 3.63) is 62.2 Å². The smallest absolute Gasteiger partial charge is 0.278 e. The zero-order valence-electron chi connectivity index (χ0n) is 19.8. The minimum Gasteiger partial charge on any atom is -0.324 e. The summed E-state index contributed by atoms with van der Waals surface area (Å²) in [5, 5.41) is 9.37. The number of anilines is 2. The first-order valence-electron chi connectivity index (χ1n) is 11.4. The fourth-order valence-corrected chi connectivity index (χ4v) is 5.43. The van der Waals surface area contributed by atoms with E-state index in [1.165, 1.54) is 16.0 Å². The van der Waals surface area contributed by atoms with Gasteiger partial charge in [0.2, 0.25) is 5.95 Å². The van der Waals surface area contributed by atoms with E-state index in [1.807, 2.05) is 18.5 Å². The minimum absolute atomic E-state index is 0.0231. The van der Waals surface area contributed by atoms with Crippen LogP contribution >= 0.6 is 11.3 Å². The molecular formula is C25H30N6OS. The number of benzene rings is 1. The third-order valence-corrected chi connectivity index (χ3v) is 7.34. The van der Waals surface area contributed by atoms with Gasteiger partial charge in [0.25, 0.3) is 5.56 Å². The Hall–Kier alpha value is -2.97. The lowest BCUT2D eigenvalue weighted by Crippen LogP contribution is -2.25. The second kappa shape index (κ2) is 8.11. The molecule has 8 heteroatoms. The Morgan fingerprint density at radius 1 is 1.18 bits per heavy atom. The Morgan fingerprint density at radius 3 is 2.76 bits per heavy atom. The maximum atomic E-state index is 13.3. The van der Waals surface area contributed by atoms with Crippen LogP contribution in [0.25, 0.3) is 16.7 Å². The van der Waals surface area contributed by atoms with Crippen LogP contribution in [0.5, 0.6) is 0 Å². The van der Waals surface area contributed by atoms with Gasteiger partial charge in [-0.2, -0.15) is 4.98 Å². The van der Waals surface area contributed by atoms with Gasteiger partial charge in [-0.25, -0.2) is 14.3 Å². The molecule has 5 rings (SSSR count). The van der Waals surface area contributed by atoms with Crippen molar-refractivity contribution in [2.45, 2.75) is 59.0 Å². The van der Waals surface area contributed by atoms with Gasteiger partial charge in [0.1, 0.15) is 5.39 Å². The molecule has 2 N–H and O–H groups in total. The Morgan fingerprint density at radius 2 is 2.00 bits per heavy atom. The lowest BCUT2D eigenvalue weighted by Gasteiger charge is -2.22. The number of nitrogens with zero attached hydrogens (tertiary/aromatic N) is 4. The van der Waals surface area contributed by atoms with E-state index < -0.39 is 0 Å². The molecule has 172 valence electrons. The molecular weight excluding hydrogens is 432 g/mol. The molecule has 1 aromatic carbocycles. The number of aromatic nitrogens is 4. The van der Waals surface area contributed by atoms with E-state index in [0.29, 0.717) is 17.0 Å². The summed E-state index contributed by atoms with van der Waals surface area (Å²) < 4.78 is 3.76. The van der Waals surface area contributed by atoms with E-state index in [4.69, 9.17) is 4.98 Å². The van der Waals surface area contributed by atoms with Gasteiger partial charge in [-0.1, -0.05) is 26.8 Å². The minimum atomic E-state index is -0.0705. The van der Waals surface area contributed by atoms with Crippen molar-refractivity contribution in [3.63, 3.8) is 0 Å². The highest BCUT2D eigenvalue weighted by molar-refractivity contribution is 7.10. The first kappa shape index (κ1) is 21.9. The largest absolute Gasteiger partial charge is 0.324 e. The van der Waals surface area contributed by atoms with Gasteiger partial charge in [0, 0.05) is 29.3 Å². The number of hydrogen-bond acceptors (Lipinski definition) is 6. The van der Waals surface area contributed by atoms with Crippen molar-refractivity contribution < 1.29 is 0 Å². The van der Waals surface area contributed by atoms with Crippen LogP contribution in [-0.2, 0) is 18.4 Å². The van der Waals surface area contributed by atoms with Crippen molar-refractivity contribution in [2.24, 2.45) is 0 Å². The molecule has 1 aliphatic rings.